The third-order valence-corrected chi connectivity index (χ3v) is 2.56. The predicted molar refractivity (Wildman–Crippen MR) is 79.1 cm³/mol. The number of hydrogen-bond acceptors (Lipinski definition) is 2. The predicted octanol–water partition coefficient (Wildman–Crippen LogP) is 3.85. The minimum absolute atomic E-state index is 0.259. The number of aliphatic carboxylic acids is 1. The monoisotopic (exact) mass is 266 g/mol. The number of unbranched alkanes of at least 4 members (excludes halogenated alkanes) is 4. The van der Waals surface area contributed by atoms with Crippen LogP contribution in [0.5, 0.6) is 0 Å². The van der Waals surface area contributed by atoms with Crippen LogP contribution in [0.25, 0.3) is 0 Å². The van der Waals surface area contributed by atoms with E-state index in [2.05, 4.69) is 18.2 Å². The van der Waals surface area contributed by atoms with Gasteiger partial charge in [-0.25, -0.2) is 0 Å². The molecule has 0 aromatic heterocycles. The van der Waals surface area contributed by atoms with Gasteiger partial charge >= 0.3 is 5.97 Å². The minimum Gasteiger partial charge on any atom is -0.481 e. The summed E-state index contributed by atoms with van der Waals surface area (Å²) in [5.74, 6) is -0.718. The smallest absolute Gasteiger partial charge is 0.303 e. The Morgan fingerprint density at radius 3 is 2.16 bits per heavy atom. The van der Waals surface area contributed by atoms with Crippen LogP contribution in [0.2, 0.25) is 0 Å². The quantitative estimate of drug-likeness (QED) is 0.339. The lowest BCUT2D eigenvalue weighted by Gasteiger charge is -1.94. The Hall–Kier alpha value is -1.35. The van der Waals surface area contributed by atoms with Gasteiger partial charge in [0.05, 0.1) is 6.10 Å². The van der Waals surface area contributed by atoms with Gasteiger partial charge in [0.25, 0.3) is 0 Å². The zero-order chi connectivity index (χ0) is 14.3. The van der Waals surface area contributed by atoms with Gasteiger partial charge in [-0.15, -0.1) is 0 Å². The molecule has 3 heteroatoms. The van der Waals surface area contributed by atoms with E-state index in [0.29, 0.717) is 0 Å². The fourth-order valence-electron chi connectivity index (χ4n) is 1.53. The van der Waals surface area contributed by atoms with Crippen LogP contribution in [0.4, 0.5) is 0 Å². The van der Waals surface area contributed by atoms with Crippen LogP contribution in [0.15, 0.2) is 36.5 Å². The van der Waals surface area contributed by atoms with E-state index in [9.17, 15) is 4.79 Å². The third-order valence-electron chi connectivity index (χ3n) is 2.56. The van der Waals surface area contributed by atoms with E-state index in [4.69, 9.17) is 10.2 Å². The van der Waals surface area contributed by atoms with Crippen LogP contribution in [0.3, 0.4) is 0 Å². The maximum Gasteiger partial charge on any atom is 0.303 e. The molecule has 0 aromatic rings. The zero-order valence-corrected chi connectivity index (χ0v) is 11.8. The Labute approximate surface area is 116 Å². The first kappa shape index (κ1) is 17.6. The highest BCUT2D eigenvalue weighted by atomic mass is 16.4. The Balaban J connectivity index is 3.31. The van der Waals surface area contributed by atoms with E-state index >= 15 is 0 Å². The van der Waals surface area contributed by atoms with Gasteiger partial charge in [0, 0.05) is 6.42 Å². The van der Waals surface area contributed by atoms with Gasteiger partial charge in [-0.05, 0) is 45.4 Å². The van der Waals surface area contributed by atoms with Gasteiger partial charge < -0.3 is 10.2 Å². The molecule has 0 aromatic carbocycles. The number of rotatable bonds is 11. The van der Waals surface area contributed by atoms with Crippen molar-refractivity contribution >= 4 is 5.97 Å². The highest BCUT2D eigenvalue weighted by molar-refractivity contribution is 5.66. The van der Waals surface area contributed by atoms with Crippen LogP contribution in [0, 0.1) is 0 Å². The molecule has 1 unspecified atom stereocenters. The van der Waals surface area contributed by atoms with Crippen LogP contribution in [0.1, 0.15) is 51.9 Å². The van der Waals surface area contributed by atoms with E-state index in [1.165, 1.54) is 0 Å². The summed E-state index contributed by atoms with van der Waals surface area (Å²) in [5, 5.41) is 17.4. The first-order chi connectivity index (χ1) is 9.13. The number of aliphatic hydroxyl groups is 1. The number of aliphatic hydroxyl groups excluding tert-OH is 1. The second-order valence-electron chi connectivity index (χ2n) is 4.60. The topological polar surface area (TPSA) is 57.5 Å². The first-order valence-corrected chi connectivity index (χ1v) is 7.01. The van der Waals surface area contributed by atoms with Crippen molar-refractivity contribution < 1.29 is 15.0 Å². The molecular formula is C16H26O3. The fraction of sp³-hybridized carbons (Fsp3) is 0.562. The van der Waals surface area contributed by atoms with Gasteiger partial charge in [0.15, 0.2) is 0 Å². The van der Waals surface area contributed by atoms with E-state index < -0.39 is 5.97 Å². The standard InChI is InChI=1S/C16H26O3/c1-15(17)13-11-9-7-5-3-2-4-6-8-10-12-14-16(18)19/h6-9,11,13,15,17H,2-5,10,12,14H2,1H3,(H,18,19)/b8-6-,9-7-,13-11+. The van der Waals surface area contributed by atoms with Crippen molar-refractivity contribution in [3.05, 3.63) is 36.5 Å². The van der Waals surface area contributed by atoms with Crippen molar-refractivity contribution in [2.75, 3.05) is 0 Å². The molecule has 0 rings (SSSR count). The molecule has 0 fully saturated rings. The molecule has 0 heterocycles. The van der Waals surface area contributed by atoms with Crippen LogP contribution in [-0.4, -0.2) is 22.3 Å². The molecule has 0 radical (unpaired) electrons. The first-order valence-electron chi connectivity index (χ1n) is 7.01. The molecule has 0 saturated heterocycles. The van der Waals surface area contributed by atoms with Crippen LogP contribution >= 0.6 is 0 Å². The highest BCUT2D eigenvalue weighted by Crippen LogP contribution is 2.03. The fourth-order valence-corrected chi connectivity index (χ4v) is 1.53. The summed E-state index contributed by atoms with van der Waals surface area (Å²) in [4.78, 5) is 10.3. The van der Waals surface area contributed by atoms with E-state index in [-0.39, 0.29) is 12.5 Å². The number of allylic oxidation sites excluding steroid dienone is 5. The summed E-state index contributed by atoms with van der Waals surface area (Å²) in [6.45, 7) is 1.73. The van der Waals surface area contributed by atoms with Crippen molar-refractivity contribution in [2.24, 2.45) is 0 Å². The lowest BCUT2D eigenvalue weighted by atomic mass is 10.1. The van der Waals surface area contributed by atoms with Crippen molar-refractivity contribution in [3.63, 3.8) is 0 Å². The largest absolute Gasteiger partial charge is 0.481 e. The third kappa shape index (κ3) is 16.6. The number of carbonyl (C=O) groups is 1. The maximum absolute atomic E-state index is 10.3. The Kier molecular flexibility index (Phi) is 12.2. The normalized spacial score (nSPS) is 13.8. The average Bonchev–Trinajstić information content (AvgIpc) is 2.34. The molecule has 3 nitrogen and oxygen atoms in total. The zero-order valence-electron chi connectivity index (χ0n) is 11.8. The van der Waals surface area contributed by atoms with E-state index in [1.54, 1.807) is 13.0 Å². The summed E-state index contributed by atoms with van der Waals surface area (Å²) in [5.41, 5.74) is 0. The van der Waals surface area contributed by atoms with Crippen LogP contribution in [-0.2, 0) is 4.79 Å². The summed E-state index contributed by atoms with van der Waals surface area (Å²) >= 11 is 0. The molecular weight excluding hydrogens is 240 g/mol. The van der Waals surface area contributed by atoms with Crippen LogP contribution < -0.4 is 0 Å². The van der Waals surface area contributed by atoms with Crippen molar-refractivity contribution in [3.8, 4) is 0 Å². The van der Waals surface area contributed by atoms with E-state index in [1.807, 2.05) is 12.2 Å². The molecule has 1 atom stereocenters. The molecule has 19 heavy (non-hydrogen) atoms. The number of hydrogen-bond donors (Lipinski definition) is 2. The summed E-state index contributed by atoms with van der Waals surface area (Å²) in [7, 11) is 0. The summed E-state index contributed by atoms with van der Waals surface area (Å²) in [6.07, 6.45) is 17.8. The molecule has 0 aliphatic carbocycles. The lowest BCUT2D eigenvalue weighted by Crippen LogP contribution is -1.92. The number of carboxylic acid groups (broad SMARTS) is 1. The van der Waals surface area contributed by atoms with Crippen molar-refractivity contribution in [1.29, 1.82) is 0 Å². The molecule has 2 N–H and O–H groups in total. The van der Waals surface area contributed by atoms with Gasteiger partial charge in [-0.3, -0.25) is 4.79 Å². The van der Waals surface area contributed by atoms with E-state index in [0.717, 1.165) is 38.5 Å². The molecule has 108 valence electrons. The average molecular weight is 266 g/mol. The summed E-state index contributed by atoms with van der Waals surface area (Å²) < 4.78 is 0. The second kappa shape index (κ2) is 13.1. The van der Waals surface area contributed by atoms with Crippen molar-refractivity contribution in [1.82, 2.24) is 0 Å². The van der Waals surface area contributed by atoms with Gasteiger partial charge in [-0.2, -0.15) is 0 Å². The summed E-state index contributed by atoms with van der Waals surface area (Å²) in [6, 6.07) is 0. The molecule has 0 aliphatic rings. The molecule has 0 amide bonds. The lowest BCUT2D eigenvalue weighted by molar-refractivity contribution is -0.137. The Bertz CT molecular complexity index is 301. The van der Waals surface area contributed by atoms with Gasteiger partial charge in [-0.1, -0.05) is 36.5 Å². The van der Waals surface area contributed by atoms with Crippen molar-refractivity contribution in [2.45, 2.75) is 58.0 Å². The Morgan fingerprint density at radius 1 is 1.00 bits per heavy atom. The minimum atomic E-state index is -0.718. The SMILES string of the molecule is CC(O)/C=C/C=C\CCCC/C=C\CCCC(=O)O. The molecule has 0 aliphatic heterocycles. The second-order valence-corrected chi connectivity index (χ2v) is 4.60. The van der Waals surface area contributed by atoms with Gasteiger partial charge in [0.2, 0.25) is 0 Å². The molecule has 0 spiro atoms. The number of carboxylic acids is 1. The Morgan fingerprint density at radius 2 is 1.58 bits per heavy atom. The molecule has 0 bridgehead atoms. The molecule has 0 saturated carbocycles. The van der Waals surface area contributed by atoms with Gasteiger partial charge in [0.1, 0.15) is 0 Å². The highest BCUT2D eigenvalue weighted by Gasteiger charge is 1.93. The maximum atomic E-state index is 10.3.